The van der Waals surface area contributed by atoms with Crippen molar-refractivity contribution in [1.29, 1.82) is 0 Å². The highest BCUT2D eigenvalue weighted by Crippen LogP contribution is 2.07. The molecule has 1 aromatic heterocycles. The molecule has 1 rings (SSSR count). The van der Waals surface area contributed by atoms with Crippen molar-refractivity contribution < 1.29 is 14.3 Å². The molecule has 0 unspecified atom stereocenters. The number of carbonyl (C=O) groups excluding carboxylic acids is 2. The van der Waals surface area contributed by atoms with Gasteiger partial charge in [0.25, 0.3) is 5.91 Å². The van der Waals surface area contributed by atoms with Crippen molar-refractivity contribution in [3.63, 3.8) is 0 Å². The normalized spacial score (nSPS) is 10.9. The third-order valence-corrected chi connectivity index (χ3v) is 2.67. The molecule has 1 aromatic rings. The lowest BCUT2D eigenvalue weighted by Gasteiger charge is -2.30. The summed E-state index contributed by atoms with van der Waals surface area (Å²) in [6.45, 7) is 7.48. The van der Waals surface area contributed by atoms with Gasteiger partial charge in [0.05, 0.1) is 11.8 Å². The molecule has 0 N–H and O–H groups in total. The van der Waals surface area contributed by atoms with Crippen molar-refractivity contribution in [1.82, 2.24) is 14.7 Å². The lowest BCUT2D eigenvalue weighted by molar-refractivity contribution is -0.138. The van der Waals surface area contributed by atoms with Crippen LogP contribution in [0.5, 0.6) is 0 Å². The van der Waals surface area contributed by atoms with E-state index >= 15 is 0 Å². The molecule has 0 bridgehead atoms. The molecule has 0 aliphatic rings. The molecule has 0 aromatic carbocycles. The maximum atomic E-state index is 12.0. The fraction of sp³-hybridized carbons (Fsp3) is 0.615. The van der Waals surface area contributed by atoms with E-state index in [0.29, 0.717) is 5.56 Å². The Morgan fingerprint density at radius 1 is 1.32 bits per heavy atom. The van der Waals surface area contributed by atoms with Gasteiger partial charge in [0, 0.05) is 25.3 Å². The number of aryl methyl sites for hydroxylation is 1. The topological polar surface area (TPSA) is 64.4 Å². The fourth-order valence-electron chi connectivity index (χ4n) is 1.98. The van der Waals surface area contributed by atoms with Crippen molar-refractivity contribution in [2.45, 2.75) is 39.8 Å². The van der Waals surface area contributed by atoms with Gasteiger partial charge in [-0.05, 0) is 27.7 Å². The highest BCUT2D eigenvalue weighted by atomic mass is 16.5. The van der Waals surface area contributed by atoms with E-state index in [4.69, 9.17) is 4.74 Å². The molecule has 0 aliphatic heterocycles. The summed E-state index contributed by atoms with van der Waals surface area (Å²) in [6, 6.07) is 0.147. The van der Waals surface area contributed by atoms with Crippen molar-refractivity contribution in [2.75, 3.05) is 6.61 Å². The van der Waals surface area contributed by atoms with Gasteiger partial charge < -0.3 is 9.64 Å². The number of carbonyl (C=O) groups is 2. The smallest absolute Gasteiger partial charge is 0.341 e. The Morgan fingerprint density at radius 3 is 2.32 bits per heavy atom. The molecule has 0 atom stereocenters. The van der Waals surface area contributed by atoms with E-state index in [0.717, 1.165) is 0 Å². The summed E-state index contributed by atoms with van der Waals surface area (Å²) in [6.07, 6.45) is 2.96. The number of hydrogen-bond acceptors (Lipinski definition) is 4. The van der Waals surface area contributed by atoms with Crippen LogP contribution in [0.15, 0.2) is 12.4 Å². The van der Waals surface area contributed by atoms with E-state index in [-0.39, 0.29) is 24.6 Å². The molecule has 0 aliphatic carbocycles. The monoisotopic (exact) mass is 267 g/mol. The summed E-state index contributed by atoms with van der Waals surface area (Å²) >= 11 is 0. The molecule has 0 radical (unpaired) electrons. The Bertz CT molecular complexity index is 444. The van der Waals surface area contributed by atoms with Gasteiger partial charge in [0.1, 0.15) is 0 Å². The van der Waals surface area contributed by atoms with Crippen molar-refractivity contribution in [3.05, 3.63) is 18.0 Å². The summed E-state index contributed by atoms with van der Waals surface area (Å²) in [7, 11) is 1.71. The van der Waals surface area contributed by atoms with Gasteiger partial charge >= 0.3 is 5.97 Å². The average molecular weight is 267 g/mol. The van der Waals surface area contributed by atoms with E-state index in [1.807, 2.05) is 27.7 Å². The number of hydrogen-bond donors (Lipinski definition) is 0. The molecule has 0 fully saturated rings. The van der Waals surface area contributed by atoms with Crippen LogP contribution in [0.2, 0.25) is 0 Å². The molecule has 0 saturated carbocycles. The first-order chi connectivity index (χ1) is 8.82. The molecule has 0 saturated heterocycles. The standard InChI is InChI=1S/C13H21N3O3/c1-9(2)16(10(3)4)12(17)8-19-13(18)11-6-14-15(5)7-11/h6-7,9-10H,8H2,1-5H3. The first kappa shape index (κ1) is 15.2. The summed E-state index contributed by atoms with van der Waals surface area (Å²) in [5.74, 6) is -0.726. The number of nitrogens with zero attached hydrogens (tertiary/aromatic N) is 3. The molecule has 106 valence electrons. The van der Waals surface area contributed by atoms with E-state index in [1.54, 1.807) is 18.1 Å². The van der Waals surface area contributed by atoms with E-state index in [9.17, 15) is 9.59 Å². The zero-order chi connectivity index (χ0) is 14.6. The van der Waals surface area contributed by atoms with Gasteiger partial charge in [-0.3, -0.25) is 9.48 Å². The van der Waals surface area contributed by atoms with Crippen LogP contribution in [-0.4, -0.2) is 45.2 Å². The predicted molar refractivity (Wildman–Crippen MR) is 70.6 cm³/mol. The SMILES string of the molecule is CC(C)N(C(=O)COC(=O)c1cnn(C)c1)C(C)C. The molecular weight excluding hydrogens is 246 g/mol. The lowest BCUT2D eigenvalue weighted by Crippen LogP contribution is -2.44. The second-order valence-corrected chi connectivity index (χ2v) is 4.97. The van der Waals surface area contributed by atoms with Crippen LogP contribution < -0.4 is 0 Å². The fourth-order valence-corrected chi connectivity index (χ4v) is 1.98. The van der Waals surface area contributed by atoms with Gasteiger partial charge in [-0.2, -0.15) is 5.10 Å². The molecule has 6 nitrogen and oxygen atoms in total. The predicted octanol–water partition coefficient (Wildman–Crippen LogP) is 1.22. The van der Waals surface area contributed by atoms with E-state index < -0.39 is 5.97 Å². The molecular formula is C13H21N3O3. The molecule has 0 spiro atoms. The van der Waals surface area contributed by atoms with Crippen molar-refractivity contribution in [2.24, 2.45) is 7.05 Å². The van der Waals surface area contributed by atoms with E-state index in [2.05, 4.69) is 5.10 Å². The second kappa shape index (κ2) is 6.36. The van der Waals surface area contributed by atoms with Gasteiger partial charge in [-0.15, -0.1) is 0 Å². The number of amides is 1. The third kappa shape index (κ3) is 4.08. The van der Waals surface area contributed by atoms with Crippen molar-refractivity contribution >= 4 is 11.9 Å². The van der Waals surface area contributed by atoms with Gasteiger partial charge in [0.2, 0.25) is 0 Å². The van der Waals surface area contributed by atoms with Crippen LogP contribution in [-0.2, 0) is 16.6 Å². The Labute approximate surface area is 113 Å². The number of aromatic nitrogens is 2. The average Bonchev–Trinajstić information content (AvgIpc) is 2.71. The highest BCUT2D eigenvalue weighted by Gasteiger charge is 2.21. The number of esters is 1. The zero-order valence-corrected chi connectivity index (χ0v) is 12.1. The van der Waals surface area contributed by atoms with Crippen LogP contribution in [0.1, 0.15) is 38.1 Å². The summed E-state index contributed by atoms with van der Waals surface area (Å²) in [5.41, 5.74) is 0.343. The van der Waals surface area contributed by atoms with Gasteiger partial charge in [-0.1, -0.05) is 0 Å². The van der Waals surface area contributed by atoms with E-state index in [1.165, 1.54) is 10.9 Å². The summed E-state index contributed by atoms with van der Waals surface area (Å²) in [4.78, 5) is 25.4. The minimum absolute atomic E-state index is 0.0737. The highest BCUT2D eigenvalue weighted by molar-refractivity contribution is 5.90. The first-order valence-electron chi connectivity index (χ1n) is 6.29. The second-order valence-electron chi connectivity index (χ2n) is 4.97. The summed E-state index contributed by atoms with van der Waals surface area (Å²) in [5, 5.41) is 3.88. The van der Waals surface area contributed by atoms with Crippen LogP contribution in [0.3, 0.4) is 0 Å². The molecule has 19 heavy (non-hydrogen) atoms. The maximum Gasteiger partial charge on any atom is 0.341 e. The van der Waals surface area contributed by atoms with Crippen LogP contribution in [0, 0.1) is 0 Å². The maximum absolute atomic E-state index is 12.0. The largest absolute Gasteiger partial charge is 0.452 e. The minimum Gasteiger partial charge on any atom is -0.452 e. The lowest BCUT2D eigenvalue weighted by atomic mass is 10.2. The Morgan fingerprint density at radius 2 is 1.89 bits per heavy atom. The van der Waals surface area contributed by atoms with Crippen LogP contribution in [0.4, 0.5) is 0 Å². The number of rotatable bonds is 5. The Kier molecular flexibility index (Phi) is 5.09. The first-order valence-corrected chi connectivity index (χ1v) is 6.29. The quantitative estimate of drug-likeness (QED) is 0.752. The van der Waals surface area contributed by atoms with Crippen LogP contribution >= 0.6 is 0 Å². The minimum atomic E-state index is -0.533. The molecule has 1 heterocycles. The van der Waals surface area contributed by atoms with Gasteiger partial charge in [0.15, 0.2) is 6.61 Å². The molecule has 6 heteroatoms. The third-order valence-electron chi connectivity index (χ3n) is 2.67. The van der Waals surface area contributed by atoms with Gasteiger partial charge in [-0.25, -0.2) is 4.79 Å². The Hall–Kier alpha value is -1.85. The summed E-state index contributed by atoms with van der Waals surface area (Å²) < 4.78 is 6.51. The van der Waals surface area contributed by atoms with Crippen LogP contribution in [0.25, 0.3) is 0 Å². The number of ether oxygens (including phenoxy) is 1. The molecule has 1 amide bonds. The van der Waals surface area contributed by atoms with Crippen molar-refractivity contribution in [3.8, 4) is 0 Å². The zero-order valence-electron chi connectivity index (χ0n) is 12.1. The Balaban J connectivity index is 2.56.